The standard InChI is InChI=1S/C19H20FN3O3/c1-13-11-23(12-17(26-13)14-5-3-2-4-6-14)19(25)22-21-18(24)15-7-9-16(20)10-8-15/h2-10,13,17H,11-12H2,1H3,(H,21,24)(H,22,25)/t13-,17-/m1/s1. The van der Waals surface area contributed by atoms with Crippen LogP contribution in [0, 0.1) is 5.82 Å². The van der Waals surface area contributed by atoms with Gasteiger partial charge in [0.25, 0.3) is 5.91 Å². The molecule has 2 aromatic carbocycles. The summed E-state index contributed by atoms with van der Waals surface area (Å²) in [5, 5.41) is 0. The minimum absolute atomic E-state index is 0.132. The Kier molecular flexibility index (Phi) is 5.48. The van der Waals surface area contributed by atoms with Crippen LogP contribution in [0.2, 0.25) is 0 Å². The van der Waals surface area contributed by atoms with Crippen LogP contribution in [0.5, 0.6) is 0 Å². The number of hydrogen-bond donors (Lipinski definition) is 2. The Balaban J connectivity index is 1.58. The molecule has 1 fully saturated rings. The van der Waals surface area contributed by atoms with Crippen LogP contribution in [0.25, 0.3) is 0 Å². The van der Waals surface area contributed by atoms with Gasteiger partial charge in [0.15, 0.2) is 0 Å². The van der Waals surface area contributed by atoms with Crippen LogP contribution in [0.15, 0.2) is 54.6 Å². The molecule has 1 heterocycles. The molecule has 1 aliphatic heterocycles. The maximum Gasteiger partial charge on any atom is 0.336 e. The fraction of sp³-hybridized carbons (Fsp3) is 0.263. The van der Waals surface area contributed by atoms with Gasteiger partial charge in [-0.15, -0.1) is 0 Å². The highest BCUT2D eigenvalue weighted by molar-refractivity contribution is 5.95. The number of amides is 3. The Labute approximate surface area is 150 Å². The predicted octanol–water partition coefficient (Wildman–Crippen LogP) is 2.64. The number of morpholine rings is 1. The molecule has 136 valence electrons. The van der Waals surface area contributed by atoms with Crippen molar-refractivity contribution in [2.75, 3.05) is 13.1 Å². The highest BCUT2D eigenvalue weighted by Crippen LogP contribution is 2.24. The van der Waals surface area contributed by atoms with Crippen LogP contribution < -0.4 is 10.9 Å². The number of carbonyl (C=O) groups is 2. The zero-order valence-corrected chi connectivity index (χ0v) is 14.3. The van der Waals surface area contributed by atoms with Crippen molar-refractivity contribution < 1.29 is 18.7 Å². The average molecular weight is 357 g/mol. The molecule has 0 bridgehead atoms. The molecular weight excluding hydrogens is 337 g/mol. The predicted molar refractivity (Wildman–Crippen MR) is 93.7 cm³/mol. The molecular formula is C19H20FN3O3. The van der Waals surface area contributed by atoms with E-state index in [-0.39, 0.29) is 17.8 Å². The normalized spacial score (nSPS) is 19.7. The summed E-state index contributed by atoms with van der Waals surface area (Å²) in [6.45, 7) is 2.70. The number of ether oxygens (including phenoxy) is 1. The van der Waals surface area contributed by atoms with Crippen LogP contribution >= 0.6 is 0 Å². The lowest BCUT2D eigenvalue weighted by Gasteiger charge is -2.36. The number of halogens is 1. The largest absolute Gasteiger partial charge is 0.367 e. The molecule has 1 saturated heterocycles. The Morgan fingerprint density at radius 2 is 1.73 bits per heavy atom. The molecule has 7 heteroatoms. The van der Waals surface area contributed by atoms with Crippen molar-refractivity contribution in [3.8, 4) is 0 Å². The van der Waals surface area contributed by atoms with E-state index in [0.717, 1.165) is 5.56 Å². The summed E-state index contributed by atoms with van der Waals surface area (Å²) >= 11 is 0. The number of rotatable bonds is 2. The number of hydrazine groups is 1. The molecule has 0 radical (unpaired) electrons. The van der Waals surface area contributed by atoms with Gasteiger partial charge in [-0.05, 0) is 36.8 Å². The van der Waals surface area contributed by atoms with E-state index in [4.69, 9.17) is 4.74 Å². The van der Waals surface area contributed by atoms with Crippen LogP contribution in [-0.2, 0) is 4.74 Å². The highest BCUT2D eigenvalue weighted by atomic mass is 19.1. The van der Waals surface area contributed by atoms with Gasteiger partial charge in [0, 0.05) is 12.1 Å². The van der Waals surface area contributed by atoms with Crippen molar-refractivity contribution in [1.82, 2.24) is 15.8 Å². The van der Waals surface area contributed by atoms with E-state index in [1.165, 1.54) is 24.3 Å². The van der Waals surface area contributed by atoms with E-state index in [2.05, 4.69) is 10.9 Å². The molecule has 1 aliphatic rings. The molecule has 0 saturated carbocycles. The zero-order chi connectivity index (χ0) is 18.5. The summed E-state index contributed by atoms with van der Waals surface area (Å²) in [7, 11) is 0. The molecule has 0 aromatic heterocycles. The first kappa shape index (κ1) is 17.9. The van der Waals surface area contributed by atoms with Gasteiger partial charge in [-0.1, -0.05) is 30.3 Å². The summed E-state index contributed by atoms with van der Waals surface area (Å²) < 4.78 is 18.8. The molecule has 6 nitrogen and oxygen atoms in total. The molecule has 2 aromatic rings. The summed E-state index contributed by atoms with van der Waals surface area (Å²) in [5.41, 5.74) is 5.98. The lowest BCUT2D eigenvalue weighted by molar-refractivity contribution is -0.0658. The molecule has 0 unspecified atom stereocenters. The van der Waals surface area contributed by atoms with E-state index in [9.17, 15) is 14.0 Å². The molecule has 2 atom stereocenters. The van der Waals surface area contributed by atoms with Crippen LogP contribution in [0.4, 0.5) is 9.18 Å². The van der Waals surface area contributed by atoms with E-state index >= 15 is 0 Å². The Morgan fingerprint density at radius 1 is 1.04 bits per heavy atom. The van der Waals surface area contributed by atoms with E-state index in [1.807, 2.05) is 37.3 Å². The number of nitrogens with one attached hydrogen (secondary N) is 2. The second kappa shape index (κ2) is 7.97. The van der Waals surface area contributed by atoms with Crippen molar-refractivity contribution in [2.45, 2.75) is 19.1 Å². The Hall–Kier alpha value is -2.93. The quantitative estimate of drug-likeness (QED) is 0.812. The van der Waals surface area contributed by atoms with Crippen molar-refractivity contribution in [3.05, 3.63) is 71.5 Å². The third-order valence-electron chi connectivity index (χ3n) is 4.11. The van der Waals surface area contributed by atoms with E-state index in [0.29, 0.717) is 13.1 Å². The smallest absolute Gasteiger partial charge is 0.336 e. The molecule has 3 amide bonds. The van der Waals surface area contributed by atoms with Gasteiger partial charge < -0.3 is 9.64 Å². The minimum Gasteiger partial charge on any atom is -0.367 e. The number of urea groups is 1. The van der Waals surface area contributed by atoms with E-state index < -0.39 is 17.8 Å². The van der Waals surface area contributed by atoms with Gasteiger partial charge >= 0.3 is 6.03 Å². The average Bonchev–Trinajstić information content (AvgIpc) is 2.66. The van der Waals surface area contributed by atoms with E-state index in [1.54, 1.807) is 4.90 Å². The van der Waals surface area contributed by atoms with Crippen LogP contribution in [-0.4, -0.2) is 36.0 Å². The fourth-order valence-corrected chi connectivity index (χ4v) is 2.83. The maximum absolute atomic E-state index is 12.9. The van der Waals surface area contributed by atoms with Crippen LogP contribution in [0.3, 0.4) is 0 Å². The first-order valence-corrected chi connectivity index (χ1v) is 8.34. The number of hydrogen-bond acceptors (Lipinski definition) is 3. The monoisotopic (exact) mass is 357 g/mol. The molecule has 0 spiro atoms. The summed E-state index contributed by atoms with van der Waals surface area (Å²) in [4.78, 5) is 26.0. The summed E-state index contributed by atoms with van der Waals surface area (Å²) in [6, 6.07) is 14.3. The minimum atomic E-state index is -0.515. The topological polar surface area (TPSA) is 70.7 Å². The first-order valence-electron chi connectivity index (χ1n) is 8.34. The third-order valence-corrected chi connectivity index (χ3v) is 4.11. The third kappa shape index (κ3) is 4.37. The number of benzene rings is 2. The SMILES string of the molecule is C[C@@H]1CN(C(=O)NNC(=O)c2ccc(F)cc2)C[C@H](c2ccccc2)O1. The maximum atomic E-state index is 12.9. The van der Waals surface area contributed by atoms with Gasteiger partial charge in [0.05, 0.1) is 12.6 Å². The summed E-state index contributed by atoms with van der Waals surface area (Å²) in [6.07, 6.45) is -0.356. The van der Waals surface area contributed by atoms with Gasteiger partial charge in [-0.3, -0.25) is 10.2 Å². The zero-order valence-electron chi connectivity index (χ0n) is 14.3. The highest BCUT2D eigenvalue weighted by Gasteiger charge is 2.29. The first-order chi connectivity index (χ1) is 12.5. The van der Waals surface area contributed by atoms with Gasteiger partial charge in [0.2, 0.25) is 0 Å². The Bertz CT molecular complexity index is 767. The number of nitrogens with zero attached hydrogens (tertiary/aromatic N) is 1. The van der Waals surface area contributed by atoms with Crippen LogP contribution in [0.1, 0.15) is 28.9 Å². The van der Waals surface area contributed by atoms with Crippen molar-refractivity contribution in [1.29, 1.82) is 0 Å². The molecule has 26 heavy (non-hydrogen) atoms. The van der Waals surface area contributed by atoms with Crippen molar-refractivity contribution in [3.63, 3.8) is 0 Å². The van der Waals surface area contributed by atoms with Gasteiger partial charge in [-0.2, -0.15) is 0 Å². The molecule has 0 aliphatic carbocycles. The molecule has 3 rings (SSSR count). The second-order valence-electron chi connectivity index (χ2n) is 6.14. The van der Waals surface area contributed by atoms with Crippen molar-refractivity contribution in [2.24, 2.45) is 0 Å². The fourth-order valence-electron chi connectivity index (χ4n) is 2.83. The van der Waals surface area contributed by atoms with Gasteiger partial charge in [0.1, 0.15) is 11.9 Å². The Morgan fingerprint density at radius 3 is 2.42 bits per heavy atom. The lowest BCUT2D eigenvalue weighted by Crippen LogP contribution is -2.54. The second-order valence-corrected chi connectivity index (χ2v) is 6.14. The molecule has 2 N–H and O–H groups in total. The lowest BCUT2D eigenvalue weighted by atomic mass is 10.1. The van der Waals surface area contributed by atoms with Gasteiger partial charge in [-0.25, -0.2) is 14.6 Å². The van der Waals surface area contributed by atoms with Crippen molar-refractivity contribution >= 4 is 11.9 Å². The number of carbonyl (C=O) groups excluding carboxylic acids is 2. The summed E-state index contributed by atoms with van der Waals surface area (Å²) in [5.74, 6) is -0.945.